The molecule has 0 aromatic carbocycles. The van der Waals surface area contributed by atoms with Crippen molar-refractivity contribution in [3.05, 3.63) is 35.7 Å². The lowest BCUT2D eigenvalue weighted by atomic mass is 10.4. The summed E-state index contributed by atoms with van der Waals surface area (Å²) >= 11 is 0. The Bertz CT molecular complexity index is 501. The van der Waals surface area contributed by atoms with Crippen molar-refractivity contribution in [2.75, 3.05) is 0 Å². The standard InChI is InChI=1S/C10H11N3O3/c1-7-11-9(12-16-7)4-6-13-5-2-3-8(13)10(14)15/h2-3,5H,4,6H2,1H3,(H,14,15). The van der Waals surface area contributed by atoms with Gasteiger partial charge in [0.2, 0.25) is 5.89 Å². The lowest BCUT2D eigenvalue weighted by Gasteiger charge is -2.03. The predicted molar refractivity (Wildman–Crippen MR) is 54.1 cm³/mol. The maximum absolute atomic E-state index is 10.8. The Morgan fingerprint density at radius 3 is 3.06 bits per heavy atom. The molecule has 2 heterocycles. The lowest BCUT2D eigenvalue weighted by Crippen LogP contribution is -2.09. The van der Waals surface area contributed by atoms with Crippen molar-refractivity contribution in [2.24, 2.45) is 0 Å². The second-order valence-corrected chi connectivity index (χ2v) is 3.37. The zero-order chi connectivity index (χ0) is 11.5. The third-order valence-corrected chi connectivity index (χ3v) is 2.19. The number of carboxylic acids is 1. The van der Waals surface area contributed by atoms with E-state index in [0.717, 1.165) is 0 Å². The molecule has 0 radical (unpaired) electrons. The van der Waals surface area contributed by atoms with Gasteiger partial charge in [-0.05, 0) is 12.1 Å². The van der Waals surface area contributed by atoms with Crippen molar-refractivity contribution in [1.29, 1.82) is 0 Å². The smallest absolute Gasteiger partial charge is 0.352 e. The van der Waals surface area contributed by atoms with Gasteiger partial charge in [0.25, 0.3) is 0 Å². The molecule has 0 bridgehead atoms. The van der Waals surface area contributed by atoms with Crippen LogP contribution in [-0.4, -0.2) is 25.8 Å². The van der Waals surface area contributed by atoms with Gasteiger partial charge in [-0.15, -0.1) is 0 Å². The summed E-state index contributed by atoms with van der Waals surface area (Å²) < 4.78 is 6.47. The Labute approximate surface area is 91.5 Å². The summed E-state index contributed by atoms with van der Waals surface area (Å²) in [7, 11) is 0. The molecule has 0 saturated heterocycles. The molecule has 6 nitrogen and oxygen atoms in total. The van der Waals surface area contributed by atoms with E-state index in [2.05, 4.69) is 10.1 Å². The minimum Gasteiger partial charge on any atom is -0.477 e. The summed E-state index contributed by atoms with van der Waals surface area (Å²) in [6.07, 6.45) is 2.27. The van der Waals surface area contributed by atoms with Crippen LogP contribution >= 0.6 is 0 Å². The fourth-order valence-electron chi connectivity index (χ4n) is 1.47. The van der Waals surface area contributed by atoms with Gasteiger partial charge < -0.3 is 14.2 Å². The van der Waals surface area contributed by atoms with E-state index in [-0.39, 0.29) is 5.69 Å². The molecule has 0 amide bonds. The second-order valence-electron chi connectivity index (χ2n) is 3.37. The van der Waals surface area contributed by atoms with Crippen molar-refractivity contribution in [2.45, 2.75) is 19.9 Å². The maximum atomic E-state index is 10.8. The first-order valence-electron chi connectivity index (χ1n) is 4.84. The summed E-state index contributed by atoms with van der Waals surface area (Å²) in [6, 6.07) is 3.26. The normalized spacial score (nSPS) is 10.6. The number of aromatic nitrogens is 3. The zero-order valence-corrected chi connectivity index (χ0v) is 8.75. The highest BCUT2D eigenvalue weighted by atomic mass is 16.5. The molecule has 0 aliphatic carbocycles. The number of carbonyl (C=O) groups is 1. The highest BCUT2D eigenvalue weighted by molar-refractivity contribution is 5.85. The van der Waals surface area contributed by atoms with Crippen LogP contribution in [0, 0.1) is 6.92 Å². The van der Waals surface area contributed by atoms with Gasteiger partial charge in [0, 0.05) is 26.1 Å². The van der Waals surface area contributed by atoms with Crippen LogP contribution in [0.3, 0.4) is 0 Å². The largest absolute Gasteiger partial charge is 0.477 e. The van der Waals surface area contributed by atoms with Gasteiger partial charge in [0.15, 0.2) is 5.82 Å². The van der Waals surface area contributed by atoms with E-state index in [1.807, 2.05) is 0 Å². The molecule has 2 aromatic heterocycles. The van der Waals surface area contributed by atoms with Gasteiger partial charge in [-0.3, -0.25) is 0 Å². The van der Waals surface area contributed by atoms with Crippen LogP contribution < -0.4 is 0 Å². The van der Waals surface area contributed by atoms with E-state index in [0.29, 0.717) is 24.7 Å². The van der Waals surface area contributed by atoms with Gasteiger partial charge in [0.05, 0.1) is 0 Å². The summed E-state index contributed by atoms with van der Waals surface area (Å²) in [6.45, 7) is 2.24. The highest BCUT2D eigenvalue weighted by Gasteiger charge is 2.09. The minimum absolute atomic E-state index is 0.264. The molecule has 0 unspecified atom stereocenters. The van der Waals surface area contributed by atoms with Crippen LogP contribution in [-0.2, 0) is 13.0 Å². The Morgan fingerprint density at radius 1 is 1.62 bits per heavy atom. The SMILES string of the molecule is Cc1nc(CCn2cccc2C(=O)O)no1. The maximum Gasteiger partial charge on any atom is 0.352 e. The molecule has 2 aromatic rings. The Hall–Kier alpha value is -2.11. The summed E-state index contributed by atoms with van der Waals surface area (Å²) in [4.78, 5) is 14.9. The molecule has 0 atom stereocenters. The van der Waals surface area contributed by atoms with Gasteiger partial charge in [-0.25, -0.2) is 4.79 Å². The Kier molecular flexibility index (Phi) is 2.72. The molecule has 0 fully saturated rings. The van der Waals surface area contributed by atoms with Crippen LogP contribution in [0.25, 0.3) is 0 Å². The van der Waals surface area contributed by atoms with Crippen molar-refractivity contribution >= 4 is 5.97 Å². The fraction of sp³-hybridized carbons (Fsp3) is 0.300. The number of hydrogen-bond donors (Lipinski definition) is 1. The number of carboxylic acid groups (broad SMARTS) is 1. The summed E-state index contributed by atoms with van der Waals surface area (Å²) in [5.74, 6) is 0.165. The molecule has 6 heteroatoms. The van der Waals surface area contributed by atoms with Crippen molar-refractivity contribution in [3.63, 3.8) is 0 Å². The van der Waals surface area contributed by atoms with Crippen LogP contribution in [0.2, 0.25) is 0 Å². The molecular weight excluding hydrogens is 210 g/mol. The number of hydrogen-bond acceptors (Lipinski definition) is 4. The molecule has 16 heavy (non-hydrogen) atoms. The molecule has 0 saturated carbocycles. The third-order valence-electron chi connectivity index (χ3n) is 2.19. The van der Waals surface area contributed by atoms with E-state index in [9.17, 15) is 4.79 Å². The number of aromatic carboxylic acids is 1. The third kappa shape index (κ3) is 2.10. The molecule has 2 rings (SSSR count). The van der Waals surface area contributed by atoms with Gasteiger partial charge in [0.1, 0.15) is 5.69 Å². The molecule has 1 N–H and O–H groups in total. The summed E-state index contributed by atoms with van der Waals surface area (Å²) in [5.41, 5.74) is 0.264. The number of rotatable bonds is 4. The Balaban J connectivity index is 2.04. The zero-order valence-electron chi connectivity index (χ0n) is 8.75. The molecule has 0 aliphatic rings. The van der Waals surface area contributed by atoms with E-state index in [1.165, 1.54) is 0 Å². The van der Waals surface area contributed by atoms with Crippen LogP contribution in [0.4, 0.5) is 0 Å². The first kappa shape index (κ1) is 10.4. The fourth-order valence-corrected chi connectivity index (χ4v) is 1.47. The monoisotopic (exact) mass is 221 g/mol. The molecule has 84 valence electrons. The number of nitrogens with zero attached hydrogens (tertiary/aromatic N) is 3. The molecular formula is C10H11N3O3. The van der Waals surface area contributed by atoms with Crippen molar-refractivity contribution < 1.29 is 14.4 Å². The Morgan fingerprint density at radius 2 is 2.44 bits per heavy atom. The van der Waals surface area contributed by atoms with Crippen LogP contribution in [0.15, 0.2) is 22.9 Å². The highest BCUT2D eigenvalue weighted by Crippen LogP contribution is 2.04. The first-order chi connectivity index (χ1) is 7.66. The second kappa shape index (κ2) is 4.18. The molecule has 0 spiro atoms. The average molecular weight is 221 g/mol. The van der Waals surface area contributed by atoms with Crippen LogP contribution in [0.1, 0.15) is 22.2 Å². The average Bonchev–Trinajstić information content (AvgIpc) is 2.83. The first-order valence-corrected chi connectivity index (χ1v) is 4.84. The van der Waals surface area contributed by atoms with E-state index < -0.39 is 5.97 Å². The topological polar surface area (TPSA) is 81.2 Å². The summed E-state index contributed by atoms with van der Waals surface area (Å²) in [5, 5.41) is 12.6. The van der Waals surface area contributed by atoms with E-state index in [4.69, 9.17) is 9.63 Å². The van der Waals surface area contributed by atoms with E-state index >= 15 is 0 Å². The van der Waals surface area contributed by atoms with Crippen molar-refractivity contribution in [3.8, 4) is 0 Å². The van der Waals surface area contributed by atoms with Crippen LogP contribution in [0.5, 0.6) is 0 Å². The molecule has 0 aliphatic heterocycles. The van der Waals surface area contributed by atoms with E-state index in [1.54, 1.807) is 29.8 Å². The van der Waals surface area contributed by atoms with Crippen molar-refractivity contribution in [1.82, 2.24) is 14.7 Å². The van der Waals surface area contributed by atoms with Gasteiger partial charge in [-0.2, -0.15) is 4.98 Å². The minimum atomic E-state index is -0.936. The predicted octanol–water partition coefficient (Wildman–Crippen LogP) is 1.12. The lowest BCUT2D eigenvalue weighted by molar-refractivity contribution is 0.0685. The quantitative estimate of drug-likeness (QED) is 0.836. The van der Waals surface area contributed by atoms with Gasteiger partial charge in [-0.1, -0.05) is 5.16 Å². The number of aryl methyl sites for hydroxylation is 3. The van der Waals surface area contributed by atoms with Gasteiger partial charge >= 0.3 is 5.97 Å².